The Kier molecular flexibility index (Phi) is 5.81. The second-order valence-electron chi connectivity index (χ2n) is 7.93. The molecule has 29 heavy (non-hydrogen) atoms. The van der Waals surface area contributed by atoms with Crippen molar-refractivity contribution in [3.63, 3.8) is 0 Å². The first-order valence-corrected chi connectivity index (χ1v) is 11.2. The Hall–Kier alpha value is -2.47. The van der Waals surface area contributed by atoms with Crippen molar-refractivity contribution in [2.24, 2.45) is 5.92 Å². The molecule has 0 aromatic heterocycles. The Morgan fingerprint density at radius 2 is 1.69 bits per heavy atom. The highest BCUT2D eigenvalue weighted by Gasteiger charge is 2.34. The van der Waals surface area contributed by atoms with Crippen molar-refractivity contribution in [3.8, 4) is 0 Å². The predicted octanol–water partition coefficient (Wildman–Crippen LogP) is 4.66. The van der Waals surface area contributed by atoms with Crippen molar-refractivity contribution in [3.05, 3.63) is 54.1 Å². The van der Waals surface area contributed by atoms with Gasteiger partial charge in [0.15, 0.2) is 0 Å². The number of thioether (sulfide) groups is 1. The van der Waals surface area contributed by atoms with E-state index >= 15 is 0 Å². The van der Waals surface area contributed by atoms with Crippen LogP contribution in [0.25, 0.3) is 0 Å². The quantitative estimate of drug-likeness (QED) is 0.780. The average Bonchev–Trinajstić information content (AvgIpc) is 3.39. The lowest BCUT2D eigenvalue weighted by Crippen LogP contribution is -2.27. The first kappa shape index (κ1) is 19.8. The Labute approximate surface area is 176 Å². The fourth-order valence-electron chi connectivity index (χ4n) is 4.02. The van der Waals surface area contributed by atoms with Gasteiger partial charge in [-0.15, -0.1) is 11.8 Å². The normalized spacial score (nSPS) is 19.6. The molecule has 1 aliphatic heterocycles. The molecule has 0 unspecified atom stereocenters. The minimum absolute atomic E-state index is 0.0488. The van der Waals surface area contributed by atoms with Crippen LogP contribution in [0.1, 0.15) is 36.6 Å². The number of carbonyl (C=O) groups is 2. The molecule has 0 spiro atoms. The Morgan fingerprint density at radius 3 is 2.31 bits per heavy atom. The topological polar surface area (TPSA) is 52.6 Å². The minimum atomic E-state index is -0.0488. The molecule has 1 saturated heterocycles. The standard InChI is InChI=1S/C23H27N3O2S/c1-25(2)19-11-13-20(14-12-19)26-21(27)15-29-23(26)17-7-9-18(10-8-17)24-22(28)16-5-3-4-6-16/h7-14,16,23H,3-6,15H2,1-2H3,(H,24,28)/t23-/m1/s1. The van der Waals surface area contributed by atoms with E-state index < -0.39 is 0 Å². The molecule has 6 heteroatoms. The summed E-state index contributed by atoms with van der Waals surface area (Å²) in [6, 6.07) is 16.0. The highest BCUT2D eigenvalue weighted by molar-refractivity contribution is 8.00. The third-order valence-corrected chi connectivity index (χ3v) is 6.91. The summed E-state index contributed by atoms with van der Waals surface area (Å²) in [5, 5.41) is 2.99. The van der Waals surface area contributed by atoms with Crippen LogP contribution in [0.3, 0.4) is 0 Å². The highest BCUT2D eigenvalue weighted by atomic mass is 32.2. The fourth-order valence-corrected chi connectivity index (χ4v) is 5.20. The second kappa shape index (κ2) is 8.49. The van der Waals surface area contributed by atoms with Gasteiger partial charge in [0.05, 0.1) is 5.75 Å². The molecule has 2 aromatic carbocycles. The zero-order valence-corrected chi connectivity index (χ0v) is 17.7. The highest BCUT2D eigenvalue weighted by Crippen LogP contribution is 2.42. The molecule has 1 atom stereocenters. The molecule has 5 nitrogen and oxygen atoms in total. The maximum atomic E-state index is 12.6. The van der Waals surface area contributed by atoms with Crippen LogP contribution in [0.4, 0.5) is 17.1 Å². The molecule has 1 heterocycles. The van der Waals surface area contributed by atoms with Crippen molar-refractivity contribution in [2.75, 3.05) is 35.0 Å². The Morgan fingerprint density at radius 1 is 1.03 bits per heavy atom. The van der Waals surface area contributed by atoms with Crippen LogP contribution in [0.5, 0.6) is 0 Å². The summed E-state index contributed by atoms with van der Waals surface area (Å²) in [6.07, 6.45) is 4.28. The number of rotatable bonds is 5. The Bertz CT molecular complexity index is 874. The van der Waals surface area contributed by atoms with Crippen LogP contribution < -0.4 is 15.1 Å². The van der Waals surface area contributed by atoms with E-state index in [2.05, 4.69) is 5.32 Å². The SMILES string of the molecule is CN(C)c1ccc(N2C(=O)CS[C@@H]2c2ccc(NC(=O)C3CCCC3)cc2)cc1. The number of carbonyl (C=O) groups excluding carboxylic acids is 2. The van der Waals surface area contributed by atoms with Gasteiger partial charge in [0, 0.05) is 37.1 Å². The lowest BCUT2D eigenvalue weighted by Gasteiger charge is -2.25. The van der Waals surface area contributed by atoms with Crippen LogP contribution in [0, 0.1) is 5.92 Å². The molecule has 2 amide bonds. The van der Waals surface area contributed by atoms with E-state index in [1.165, 1.54) is 0 Å². The molecule has 152 valence electrons. The first-order chi connectivity index (χ1) is 14.0. The van der Waals surface area contributed by atoms with Crippen LogP contribution >= 0.6 is 11.8 Å². The van der Waals surface area contributed by atoms with E-state index in [0.29, 0.717) is 5.75 Å². The van der Waals surface area contributed by atoms with Gasteiger partial charge in [-0.3, -0.25) is 14.5 Å². The molecule has 0 bridgehead atoms. The molecular weight excluding hydrogens is 382 g/mol. The van der Waals surface area contributed by atoms with Gasteiger partial charge in [-0.25, -0.2) is 0 Å². The van der Waals surface area contributed by atoms with E-state index in [1.54, 1.807) is 11.8 Å². The summed E-state index contributed by atoms with van der Waals surface area (Å²) in [4.78, 5) is 28.8. The van der Waals surface area contributed by atoms with E-state index in [-0.39, 0.29) is 23.1 Å². The summed E-state index contributed by atoms with van der Waals surface area (Å²) in [5.41, 5.74) is 3.90. The number of hydrogen-bond acceptors (Lipinski definition) is 4. The molecule has 4 rings (SSSR count). The average molecular weight is 410 g/mol. The molecule has 1 aliphatic carbocycles. The molecule has 2 aromatic rings. The van der Waals surface area contributed by atoms with Gasteiger partial charge in [0.25, 0.3) is 0 Å². The number of nitrogens with one attached hydrogen (secondary N) is 1. The van der Waals surface area contributed by atoms with Gasteiger partial charge in [-0.05, 0) is 54.8 Å². The van der Waals surface area contributed by atoms with Gasteiger partial charge in [0.1, 0.15) is 5.37 Å². The number of anilines is 3. The number of nitrogens with zero attached hydrogens (tertiary/aromatic N) is 2. The summed E-state index contributed by atoms with van der Waals surface area (Å²) >= 11 is 1.64. The summed E-state index contributed by atoms with van der Waals surface area (Å²) in [5.74, 6) is 0.873. The predicted molar refractivity (Wildman–Crippen MR) is 120 cm³/mol. The maximum absolute atomic E-state index is 12.6. The minimum Gasteiger partial charge on any atom is -0.378 e. The monoisotopic (exact) mass is 409 g/mol. The first-order valence-electron chi connectivity index (χ1n) is 10.1. The van der Waals surface area contributed by atoms with Crippen LogP contribution in [-0.2, 0) is 9.59 Å². The van der Waals surface area contributed by atoms with Gasteiger partial charge >= 0.3 is 0 Å². The van der Waals surface area contributed by atoms with E-state index in [4.69, 9.17) is 0 Å². The largest absolute Gasteiger partial charge is 0.378 e. The van der Waals surface area contributed by atoms with Crippen LogP contribution in [0.2, 0.25) is 0 Å². The van der Waals surface area contributed by atoms with Crippen LogP contribution in [0.15, 0.2) is 48.5 Å². The van der Waals surface area contributed by atoms with Crippen molar-refractivity contribution in [2.45, 2.75) is 31.1 Å². The fraction of sp³-hybridized carbons (Fsp3) is 0.391. The van der Waals surface area contributed by atoms with Crippen LogP contribution in [-0.4, -0.2) is 31.7 Å². The van der Waals surface area contributed by atoms with Crippen molar-refractivity contribution < 1.29 is 9.59 Å². The molecule has 0 radical (unpaired) electrons. The molecule has 1 saturated carbocycles. The lowest BCUT2D eigenvalue weighted by atomic mass is 10.1. The Balaban J connectivity index is 1.49. The van der Waals surface area contributed by atoms with Crippen molar-refractivity contribution in [1.29, 1.82) is 0 Å². The third-order valence-electron chi connectivity index (χ3n) is 5.70. The molecule has 1 N–H and O–H groups in total. The van der Waals surface area contributed by atoms with E-state index in [9.17, 15) is 9.59 Å². The number of benzene rings is 2. The van der Waals surface area contributed by atoms with Gasteiger partial charge in [-0.1, -0.05) is 25.0 Å². The van der Waals surface area contributed by atoms with Crippen molar-refractivity contribution in [1.82, 2.24) is 0 Å². The maximum Gasteiger partial charge on any atom is 0.238 e. The zero-order valence-electron chi connectivity index (χ0n) is 16.9. The molecule has 2 fully saturated rings. The van der Waals surface area contributed by atoms with Crippen molar-refractivity contribution >= 4 is 40.6 Å². The zero-order chi connectivity index (χ0) is 20.4. The smallest absolute Gasteiger partial charge is 0.238 e. The van der Waals surface area contributed by atoms with Gasteiger partial charge < -0.3 is 10.2 Å². The lowest BCUT2D eigenvalue weighted by molar-refractivity contribution is -0.119. The molecule has 2 aliphatic rings. The summed E-state index contributed by atoms with van der Waals surface area (Å²) < 4.78 is 0. The summed E-state index contributed by atoms with van der Waals surface area (Å²) in [6.45, 7) is 0. The third kappa shape index (κ3) is 4.27. The number of hydrogen-bond donors (Lipinski definition) is 1. The number of amides is 2. The van der Waals surface area contributed by atoms with Gasteiger partial charge in [-0.2, -0.15) is 0 Å². The molecular formula is C23H27N3O2S. The van der Waals surface area contributed by atoms with E-state index in [0.717, 1.165) is 48.3 Å². The van der Waals surface area contributed by atoms with E-state index in [1.807, 2.05) is 72.4 Å². The second-order valence-corrected chi connectivity index (χ2v) is 9.00. The van der Waals surface area contributed by atoms with Gasteiger partial charge in [0.2, 0.25) is 11.8 Å². The summed E-state index contributed by atoms with van der Waals surface area (Å²) in [7, 11) is 4.00.